The molecule has 2 heterocycles. The first-order chi connectivity index (χ1) is 11.4. The van der Waals surface area contributed by atoms with Gasteiger partial charge in [0.05, 0.1) is 0 Å². The van der Waals surface area contributed by atoms with Gasteiger partial charge in [0, 0.05) is 11.1 Å². The number of fused-ring (bicyclic) bond motifs is 2. The van der Waals surface area contributed by atoms with E-state index < -0.39 is 20.0 Å². The lowest BCUT2D eigenvalue weighted by atomic mass is 10.2. The molecule has 2 N–H and O–H groups in total. The minimum absolute atomic E-state index is 0.0788. The van der Waals surface area contributed by atoms with E-state index >= 15 is 0 Å². The minimum atomic E-state index is -3.76. The maximum absolute atomic E-state index is 12.0. The average molecular weight is 362 g/mol. The molecule has 0 saturated carbocycles. The number of sulfonamides is 2. The first kappa shape index (κ1) is 14.8. The molecular formula is C14H10N4O4S2. The van der Waals surface area contributed by atoms with Crippen molar-refractivity contribution in [1.82, 2.24) is 10.9 Å². The van der Waals surface area contributed by atoms with Gasteiger partial charge >= 0.3 is 0 Å². The van der Waals surface area contributed by atoms with Gasteiger partial charge in [-0.05, 0) is 24.3 Å². The summed E-state index contributed by atoms with van der Waals surface area (Å²) < 4.78 is 55.2. The highest BCUT2D eigenvalue weighted by Gasteiger charge is 2.31. The van der Waals surface area contributed by atoms with Crippen molar-refractivity contribution in [2.24, 2.45) is 8.80 Å². The predicted octanol–water partition coefficient (Wildman–Crippen LogP) is 0.379. The molecule has 0 aliphatic carbocycles. The summed E-state index contributed by atoms with van der Waals surface area (Å²) >= 11 is 0. The van der Waals surface area contributed by atoms with E-state index in [2.05, 4.69) is 19.6 Å². The molecule has 2 aromatic rings. The predicted molar refractivity (Wildman–Crippen MR) is 86.6 cm³/mol. The van der Waals surface area contributed by atoms with E-state index in [0.29, 0.717) is 11.1 Å². The number of amidine groups is 2. The Balaban J connectivity index is 1.66. The van der Waals surface area contributed by atoms with Gasteiger partial charge in [0.2, 0.25) is 0 Å². The van der Waals surface area contributed by atoms with Gasteiger partial charge in [-0.1, -0.05) is 24.3 Å². The van der Waals surface area contributed by atoms with Crippen LogP contribution in [-0.4, -0.2) is 28.5 Å². The molecule has 4 rings (SSSR count). The van der Waals surface area contributed by atoms with Crippen LogP contribution in [0.2, 0.25) is 0 Å². The molecule has 122 valence electrons. The van der Waals surface area contributed by atoms with Gasteiger partial charge in [0.15, 0.2) is 11.7 Å². The van der Waals surface area contributed by atoms with Gasteiger partial charge < -0.3 is 0 Å². The molecule has 0 atom stereocenters. The maximum Gasteiger partial charge on any atom is 0.285 e. The number of rotatable bonds is 0. The number of hydrazine groups is 1. The molecule has 0 aromatic heterocycles. The van der Waals surface area contributed by atoms with E-state index in [-0.39, 0.29) is 21.5 Å². The molecule has 0 unspecified atom stereocenters. The smallest absolute Gasteiger partial charge is 0.282 e. The van der Waals surface area contributed by atoms with Crippen molar-refractivity contribution in [2.75, 3.05) is 0 Å². The fourth-order valence-corrected chi connectivity index (χ4v) is 4.86. The third-order valence-corrected chi connectivity index (χ3v) is 6.23. The fraction of sp³-hybridized carbons (Fsp3) is 0. The van der Waals surface area contributed by atoms with E-state index in [1.807, 2.05) is 0 Å². The molecule has 8 nitrogen and oxygen atoms in total. The van der Waals surface area contributed by atoms with Crippen molar-refractivity contribution in [3.63, 3.8) is 0 Å². The monoisotopic (exact) mass is 362 g/mol. The lowest BCUT2D eigenvalue weighted by molar-refractivity contribution is 0.597. The first-order valence-electron chi connectivity index (χ1n) is 6.79. The number of benzene rings is 2. The molecule has 2 aromatic carbocycles. The van der Waals surface area contributed by atoms with Crippen LogP contribution >= 0.6 is 0 Å². The van der Waals surface area contributed by atoms with Crippen LogP contribution in [0.4, 0.5) is 0 Å². The van der Waals surface area contributed by atoms with Crippen LogP contribution in [0.1, 0.15) is 11.1 Å². The Hall–Kier alpha value is -2.72. The molecule has 2 aliphatic rings. The van der Waals surface area contributed by atoms with Gasteiger partial charge in [-0.3, -0.25) is 10.9 Å². The van der Waals surface area contributed by atoms with Crippen molar-refractivity contribution >= 4 is 31.7 Å². The highest BCUT2D eigenvalue weighted by molar-refractivity contribution is 7.91. The highest BCUT2D eigenvalue weighted by atomic mass is 32.2. The maximum atomic E-state index is 12.0. The van der Waals surface area contributed by atoms with E-state index in [0.717, 1.165) is 0 Å². The van der Waals surface area contributed by atoms with Crippen LogP contribution in [0.3, 0.4) is 0 Å². The summed E-state index contributed by atoms with van der Waals surface area (Å²) in [5, 5.41) is 0. The Morgan fingerprint density at radius 1 is 0.625 bits per heavy atom. The van der Waals surface area contributed by atoms with Crippen LogP contribution in [0.15, 0.2) is 67.1 Å². The van der Waals surface area contributed by atoms with E-state index in [4.69, 9.17) is 0 Å². The molecule has 0 fully saturated rings. The van der Waals surface area contributed by atoms with Crippen LogP contribution < -0.4 is 10.9 Å². The Labute approximate surface area is 138 Å². The summed E-state index contributed by atoms with van der Waals surface area (Å²) in [5.74, 6) is 0.158. The molecule has 0 spiro atoms. The van der Waals surface area contributed by atoms with Gasteiger partial charge in [-0.2, -0.15) is 16.8 Å². The van der Waals surface area contributed by atoms with Crippen LogP contribution in [-0.2, 0) is 20.0 Å². The zero-order chi connectivity index (χ0) is 16.9. The van der Waals surface area contributed by atoms with Crippen molar-refractivity contribution in [3.8, 4) is 0 Å². The van der Waals surface area contributed by atoms with Crippen LogP contribution in [0, 0.1) is 0 Å². The second-order valence-electron chi connectivity index (χ2n) is 5.07. The molecule has 24 heavy (non-hydrogen) atoms. The Kier molecular flexibility index (Phi) is 3.02. The fourth-order valence-electron chi connectivity index (χ4n) is 2.51. The molecular weight excluding hydrogens is 352 g/mol. The lowest BCUT2D eigenvalue weighted by Gasteiger charge is -2.09. The molecule has 0 bridgehead atoms. The van der Waals surface area contributed by atoms with Gasteiger partial charge in [0.25, 0.3) is 20.0 Å². The molecule has 2 aliphatic heterocycles. The Morgan fingerprint density at radius 2 is 1.00 bits per heavy atom. The second-order valence-corrected chi connectivity index (χ2v) is 8.22. The minimum Gasteiger partial charge on any atom is -0.282 e. The van der Waals surface area contributed by atoms with Crippen molar-refractivity contribution in [1.29, 1.82) is 0 Å². The summed E-state index contributed by atoms with van der Waals surface area (Å²) in [6.45, 7) is 0. The summed E-state index contributed by atoms with van der Waals surface area (Å²) in [7, 11) is -7.51. The second kappa shape index (κ2) is 4.89. The van der Waals surface area contributed by atoms with E-state index in [1.54, 1.807) is 36.4 Å². The normalized spacial score (nSPS) is 19.0. The Morgan fingerprint density at radius 3 is 1.42 bits per heavy atom. The van der Waals surface area contributed by atoms with Crippen molar-refractivity contribution in [2.45, 2.75) is 9.79 Å². The number of nitrogens with one attached hydrogen (secondary N) is 2. The third kappa shape index (κ3) is 2.19. The zero-order valence-corrected chi connectivity index (χ0v) is 13.6. The molecule has 0 amide bonds. The third-order valence-electron chi connectivity index (χ3n) is 3.56. The van der Waals surface area contributed by atoms with Crippen molar-refractivity contribution < 1.29 is 16.8 Å². The largest absolute Gasteiger partial charge is 0.285 e. The average Bonchev–Trinajstić information content (AvgIpc) is 2.97. The Bertz CT molecular complexity index is 1040. The zero-order valence-electron chi connectivity index (χ0n) is 12.0. The SMILES string of the molecule is O=S1(=O)N=C(NNC2=NS(=O)(=O)c3ccccc32)c2ccccc21. The summed E-state index contributed by atoms with van der Waals surface area (Å²) in [6, 6.07) is 12.7. The molecule has 0 radical (unpaired) electrons. The van der Waals surface area contributed by atoms with Gasteiger partial charge in [-0.25, -0.2) is 0 Å². The van der Waals surface area contributed by atoms with Crippen LogP contribution in [0.25, 0.3) is 0 Å². The van der Waals surface area contributed by atoms with E-state index in [9.17, 15) is 16.8 Å². The van der Waals surface area contributed by atoms with Crippen molar-refractivity contribution in [3.05, 3.63) is 59.7 Å². The highest BCUT2D eigenvalue weighted by Crippen LogP contribution is 2.26. The van der Waals surface area contributed by atoms with Gasteiger partial charge in [-0.15, -0.1) is 8.80 Å². The number of hydrogen-bond acceptors (Lipinski definition) is 6. The summed E-state index contributed by atoms with van der Waals surface area (Å²) in [6.07, 6.45) is 0. The van der Waals surface area contributed by atoms with Gasteiger partial charge in [0.1, 0.15) is 9.79 Å². The van der Waals surface area contributed by atoms with Crippen LogP contribution in [0.5, 0.6) is 0 Å². The molecule has 10 heteroatoms. The van der Waals surface area contributed by atoms with E-state index in [1.165, 1.54) is 12.1 Å². The quantitative estimate of drug-likeness (QED) is 0.654. The number of hydrogen-bond donors (Lipinski definition) is 2. The first-order valence-corrected chi connectivity index (χ1v) is 9.67. The topological polar surface area (TPSA) is 117 Å². The lowest BCUT2D eigenvalue weighted by Crippen LogP contribution is -2.41. The summed E-state index contributed by atoms with van der Waals surface area (Å²) in [5.41, 5.74) is 6.08. The molecule has 0 saturated heterocycles. The standard InChI is InChI=1S/C14H10N4O4S2/c19-23(20)11-7-3-1-5-9(11)13(17-23)15-16-14-10-6-2-4-8-12(10)24(21,22)18-14/h1-8H,(H,15,17)(H,16,18). The summed E-state index contributed by atoms with van der Waals surface area (Å²) in [4.78, 5) is 0.186. The number of nitrogens with zero attached hydrogens (tertiary/aromatic N) is 2.